The minimum absolute atomic E-state index is 0.158. The van der Waals surface area contributed by atoms with Gasteiger partial charge in [-0.25, -0.2) is 0 Å². The quantitative estimate of drug-likeness (QED) is 0.876. The van der Waals surface area contributed by atoms with Gasteiger partial charge in [0.1, 0.15) is 0 Å². The van der Waals surface area contributed by atoms with Crippen molar-refractivity contribution in [1.82, 2.24) is 9.88 Å². The molecule has 2 N–H and O–H groups in total. The zero-order valence-corrected chi connectivity index (χ0v) is 10.8. The molecular formula is C14H19N3O. The Morgan fingerprint density at radius 2 is 2.22 bits per heavy atom. The minimum Gasteiger partial charge on any atom is -0.472 e. The fourth-order valence-corrected chi connectivity index (χ4v) is 2.09. The first-order valence-electron chi connectivity index (χ1n) is 6.05. The van der Waals surface area contributed by atoms with Crippen molar-refractivity contribution in [3.63, 3.8) is 0 Å². The molecule has 1 unspecified atom stereocenters. The average Bonchev–Trinajstić information content (AvgIpc) is 2.83. The van der Waals surface area contributed by atoms with Crippen molar-refractivity contribution in [2.24, 2.45) is 5.73 Å². The summed E-state index contributed by atoms with van der Waals surface area (Å²) in [6.07, 6.45) is 3.43. The van der Waals surface area contributed by atoms with E-state index in [2.05, 4.69) is 16.9 Å². The molecule has 96 valence electrons. The molecule has 18 heavy (non-hydrogen) atoms. The van der Waals surface area contributed by atoms with E-state index in [0.717, 1.165) is 23.5 Å². The molecule has 0 fully saturated rings. The summed E-state index contributed by atoms with van der Waals surface area (Å²) in [5.74, 6) is 0. The number of aromatic nitrogens is 1. The van der Waals surface area contributed by atoms with Crippen LogP contribution in [0, 0.1) is 6.92 Å². The number of rotatable bonds is 5. The molecule has 2 aromatic rings. The topological polar surface area (TPSA) is 55.3 Å². The van der Waals surface area contributed by atoms with Crippen LogP contribution in [0.3, 0.4) is 0 Å². The summed E-state index contributed by atoms with van der Waals surface area (Å²) < 4.78 is 5.12. The van der Waals surface area contributed by atoms with E-state index in [1.807, 2.05) is 31.2 Å². The Labute approximate surface area is 107 Å². The van der Waals surface area contributed by atoms with E-state index in [0.29, 0.717) is 6.54 Å². The first-order valence-corrected chi connectivity index (χ1v) is 6.05. The van der Waals surface area contributed by atoms with Crippen LogP contribution >= 0.6 is 0 Å². The molecule has 0 saturated carbocycles. The number of likely N-dealkylation sites (N-methyl/N-ethyl adjacent to an activating group) is 1. The predicted octanol–water partition coefficient (Wildman–Crippen LogP) is 2.11. The lowest BCUT2D eigenvalue weighted by Gasteiger charge is -2.25. The van der Waals surface area contributed by atoms with Crippen molar-refractivity contribution in [1.29, 1.82) is 0 Å². The van der Waals surface area contributed by atoms with E-state index in [1.165, 1.54) is 0 Å². The maximum Gasteiger partial charge on any atom is 0.0950 e. The smallest absolute Gasteiger partial charge is 0.0950 e. The lowest BCUT2D eigenvalue weighted by atomic mass is 10.1. The van der Waals surface area contributed by atoms with Crippen LogP contribution in [0.1, 0.15) is 23.0 Å². The van der Waals surface area contributed by atoms with E-state index >= 15 is 0 Å². The molecule has 4 nitrogen and oxygen atoms in total. The second kappa shape index (κ2) is 5.80. The highest BCUT2D eigenvalue weighted by molar-refractivity contribution is 5.14. The fourth-order valence-electron chi connectivity index (χ4n) is 2.09. The maximum atomic E-state index is 5.84. The Bertz CT molecular complexity index is 482. The van der Waals surface area contributed by atoms with Crippen LogP contribution in [0.25, 0.3) is 0 Å². The second-order valence-corrected chi connectivity index (χ2v) is 4.49. The lowest BCUT2D eigenvalue weighted by molar-refractivity contribution is 0.238. The molecule has 0 radical (unpaired) electrons. The van der Waals surface area contributed by atoms with E-state index < -0.39 is 0 Å². The first kappa shape index (κ1) is 12.8. The van der Waals surface area contributed by atoms with Gasteiger partial charge in [0, 0.05) is 24.3 Å². The third-order valence-electron chi connectivity index (χ3n) is 3.04. The number of hydrogen-bond donors (Lipinski definition) is 1. The van der Waals surface area contributed by atoms with Gasteiger partial charge in [-0.2, -0.15) is 0 Å². The Hall–Kier alpha value is -1.65. The Morgan fingerprint density at radius 3 is 2.83 bits per heavy atom. The number of hydrogen-bond acceptors (Lipinski definition) is 4. The molecule has 0 aliphatic heterocycles. The molecule has 0 aromatic carbocycles. The van der Waals surface area contributed by atoms with E-state index in [1.54, 1.807) is 12.5 Å². The summed E-state index contributed by atoms with van der Waals surface area (Å²) in [7, 11) is 2.05. The summed E-state index contributed by atoms with van der Waals surface area (Å²) in [6, 6.07) is 8.18. The van der Waals surface area contributed by atoms with Gasteiger partial charge < -0.3 is 10.2 Å². The van der Waals surface area contributed by atoms with Gasteiger partial charge >= 0.3 is 0 Å². The first-order chi connectivity index (χ1) is 8.70. The number of nitrogens with two attached hydrogens (primary N) is 1. The van der Waals surface area contributed by atoms with Crippen molar-refractivity contribution in [3.05, 3.63) is 53.7 Å². The third-order valence-corrected chi connectivity index (χ3v) is 3.04. The van der Waals surface area contributed by atoms with Crippen LogP contribution in [0.5, 0.6) is 0 Å². The highest BCUT2D eigenvalue weighted by Crippen LogP contribution is 2.20. The normalized spacial score (nSPS) is 12.9. The van der Waals surface area contributed by atoms with Gasteiger partial charge in [0.25, 0.3) is 0 Å². The van der Waals surface area contributed by atoms with Crippen LogP contribution in [0.15, 0.2) is 41.2 Å². The molecule has 1 atom stereocenters. The van der Waals surface area contributed by atoms with Crippen LogP contribution in [-0.2, 0) is 6.54 Å². The number of aryl methyl sites for hydroxylation is 1. The third kappa shape index (κ3) is 2.97. The van der Waals surface area contributed by atoms with Gasteiger partial charge in [-0.1, -0.05) is 6.07 Å². The number of nitrogens with zero attached hydrogens (tertiary/aromatic N) is 2. The highest BCUT2D eigenvalue weighted by Gasteiger charge is 2.17. The van der Waals surface area contributed by atoms with Crippen molar-refractivity contribution >= 4 is 0 Å². The fraction of sp³-hybridized carbons (Fsp3) is 0.357. The maximum absolute atomic E-state index is 5.84. The Morgan fingerprint density at radius 1 is 1.39 bits per heavy atom. The zero-order chi connectivity index (χ0) is 13.0. The van der Waals surface area contributed by atoms with Gasteiger partial charge in [-0.05, 0) is 32.2 Å². The molecule has 2 heterocycles. The summed E-state index contributed by atoms with van der Waals surface area (Å²) in [5, 5.41) is 0. The SMILES string of the molecule is Cc1cccc(CN(C)C(CN)c2ccoc2)n1. The van der Waals surface area contributed by atoms with Crippen molar-refractivity contribution in [2.75, 3.05) is 13.6 Å². The summed E-state index contributed by atoms with van der Waals surface area (Å²) in [6.45, 7) is 3.33. The molecule has 0 saturated heterocycles. The number of pyridine rings is 1. The zero-order valence-electron chi connectivity index (χ0n) is 10.8. The van der Waals surface area contributed by atoms with Gasteiger partial charge in [-0.3, -0.25) is 9.88 Å². The predicted molar refractivity (Wildman–Crippen MR) is 70.9 cm³/mol. The molecule has 4 heteroatoms. The molecular weight excluding hydrogens is 226 g/mol. The molecule has 0 amide bonds. The molecule has 0 aliphatic rings. The molecule has 2 rings (SSSR count). The van der Waals surface area contributed by atoms with Gasteiger partial charge in [0.15, 0.2) is 0 Å². The Balaban J connectivity index is 2.08. The molecule has 0 aliphatic carbocycles. The van der Waals surface area contributed by atoms with Crippen LogP contribution in [-0.4, -0.2) is 23.5 Å². The molecule has 2 aromatic heterocycles. The molecule has 0 spiro atoms. The van der Waals surface area contributed by atoms with Crippen molar-refractivity contribution in [3.8, 4) is 0 Å². The van der Waals surface area contributed by atoms with Crippen LogP contribution in [0.2, 0.25) is 0 Å². The summed E-state index contributed by atoms with van der Waals surface area (Å²) in [4.78, 5) is 6.69. The minimum atomic E-state index is 0.158. The standard InChI is InChI=1S/C14H19N3O/c1-11-4-3-5-13(16-11)9-17(2)14(8-15)12-6-7-18-10-12/h3-7,10,14H,8-9,15H2,1-2H3. The highest BCUT2D eigenvalue weighted by atomic mass is 16.3. The monoisotopic (exact) mass is 245 g/mol. The van der Waals surface area contributed by atoms with Gasteiger partial charge in [-0.15, -0.1) is 0 Å². The van der Waals surface area contributed by atoms with Crippen LogP contribution < -0.4 is 5.73 Å². The largest absolute Gasteiger partial charge is 0.472 e. The van der Waals surface area contributed by atoms with Gasteiger partial charge in [0.05, 0.1) is 24.3 Å². The summed E-state index contributed by atoms with van der Waals surface area (Å²) >= 11 is 0. The van der Waals surface area contributed by atoms with Crippen molar-refractivity contribution in [2.45, 2.75) is 19.5 Å². The average molecular weight is 245 g/mol. The second-order valence-electron chi connectivity index (χ2n) is 4.49. The van der Waals surface area contributed by atoms with Crippen molar-refractivity contribution < 1.29 is 4.42 Å². The number of furan rings is 1. The van der Waals surface area contributed by atoms with E-state index in [9.17, 15) is 0 Å². The lowest BCUT2D eigenvalue weighted by Crippen LogP contribution is -2.30. The van der Waals surface area contributed by atoms with E-state index in [4.69, 9.17) is 10.2 Å². The molecule has 0 bridgehead atoms. The van der Waals surface area contributed by atoms with Gasteiger partial charge in [0.2, 0.25) is 0 Å². The Kier molecular flexibility index (Phi) is 4.12. The van der Waals surface area contributed by atoms with E-state index in [-0.39, 0.29) is 6.04 Å². The summed E-state index contributed by atoms with van der Waals surface area (Å²) in [5.41, 5.74) is 9.04. The van der Waals surface area contributed by atoms with Crippen LogP contribution in [0.4, 0.5) is 0 Å².